The van der Waals surface area contributed by atoms with Gasteiger partial charge in [0.25, 0.3) is 0 Å². The number of likely N-dealkylation sites (tertiary alicyclic amines) is 1. The first-order valence-corrected chi connectivity index (χ1v) is 5.17. The van der Waals surface area contributed by atoms with Gasteiger partial charge in [-0.15, -0.1) is 0 Å². The van der Waals surface area contributed by atoms with E-state index in [9.17, 15) is 0 Å². The molecule has 1 atom stereocenters. The number of nitrogens with zero attached hydrogens (tertiary/aromatic N) is 1. The van der Waals surface area contributed by atoms with E-state index >= 15 is 0 Å². The predicted octanol–water partition coefficient (Wildman–Crippen LogP) is 2.44. The second-order valence-electron chi connectivity index (χ2n) is 4.46. The van der Waals surface area contributed by atoms with E-state index in [1.807, 2.05) is 0 Å². The number of hydrogen-bond donors (Lipinski definition) is 0. The van der Waals surface area contributed by atoms with Crippen molar-refractivity contribution < 1.29 is 0 Å². The van der Waals surface area contributed by atoms with Gasteiger partial charge in [0.05, 0.1) is 0 Å². The molecule has 68 valence electrons. The van der Waals surface area contributed by atoms with Crippen LogP contribution in [0.5, 0.6) is 0 Å². The van der Waals surface area contributed by atoms with E-state index in [1.165, 1.54) is 45.2 Å². The fourth-order valence-electron chi connectivity index (χ4n) is 2.56. The molecular weight excluding hydrogens is 146 g/mol. The van der Waals surface area contributed by atoms with E-state index in [-0.39, 0.29) is 0 Å². The Morgan fingerprint density at radius 1 is 1.17 bits per heavy atom. The maximum absolute atomic E-state index is 2.49. The zero-order valence-corrected chi connectivity index (χ0v) is 8.05. The second kappa shape index (κ2) is 3.21. The lowest BCUT2D eigenvalue weighted by Gasteiger charge is -2.25. The molecule has 0 bridgehead atoms. The third-order valence-electron chi connectivity index (χ3n) is 3.49. The van der Waals surface area contributed by atoms with Crippen LogP contribution in [0.2, 0.25) is 0 Å². The largest absolute Gasteiger partial charge is 0.306 e. The molecule has 1 heteroatoms. The summed E-state index contributed by atoms with van der Waals surface area (Å²) in [5, 5.41) is 0. The number of hydrogen-bond acceptors (Lipinski definition) is 1. The van der Waals surface area contributed by atoms with Gasteiger partial charge >= 0.3 is 0 Å². The normalized spacial score (nSPS) is 37.4. The Balaban J connectivity index is 2.02. The minimum atomic E-state index is 0.616. The summed E-state index contributed by atoms with van der Waals surface area (Å²) in [5.74, 6) is 0. The van der Waals surface area contributed by atoms with E-state index in [2.05, 4.69) is 24.1 Å². The minimum absolute atomic E-state index is 0.616. The molecule has 12 heavy (non-hydrogen) atoms. The molecule has 1 nitrogen and oxygen atoms in total. The molecule has 0 radical (unpaired) electrons. The smallest absolute Gasteiger partial charge is 0.00135 e. The van der Waals surface area contributed by atoms with Crippen molar-refractivity contribution in [1.29, 1.82) is 0 Å². The fraction of sp³-hybridized carbons (Fsp3) is 0.818. The SMILES string of the molecule is CN1CCCC2(C=CCC2)CC1. The highest BCUT2D eigenvalue weighted by molar-refractivity contribution is 5.07. The molecule has 1 heterocycles. The van der Waals surface area contributed by atoms with E-state index in [4.69, 9.17) is 0 Å². The first-order chi connectivity index (χ1) is 5.81. The lowest BCUT2D eigenvalue weighted by atomic mass is 9.80. The molecule has 1 saturated heterocycles. The summed E-state index contributed by atoms with van der Waals surface area (Å²) < 4.78 is 0. The molecule has 1 fully saturated rings. The van der Waals surface area contributed by atoms with Crippen LogP contribution in [0, 0.1) is 5.41 Å². The zero-order chi connectivity index (χ0) is 8.44. The van der Waals surface area contributed by atoms with Crippen molar-refractivity contribution in [3.63, 3.8) is 0 Å². The lowest BCUT2D eigenvalue weighted by molar-refractivity contribution is 0.302. The van der Waals surface area contributed by atoms with Crippen molar-refractivity contribution in [2.24, 2.45) is 5.41 Å². The molecule has 0 aromatic rings. The van der Waals surface area contributed by atoms with Gasteiger partial charge in [0.2, 0.25) is 0 Å². The summed E-state index contributed by atoms with van der Waals surface area (Å²) in [6, 6.07) is 0. The van der Waals surface area contributed by atoms with Crippen molar-refractivity contribution in [3.8, 4) is 0 Å². The van der Waals surface area contributed by atoms with Crippen LogP contribution in [0.4, 0.5) is 0 Å². The molecule has 0 aromatic carbocycles. The van der Waals surface area contributed by atoms with Crippen LogP contribution in [0.15, 0.2) is 12.2 Å². The Kier molecular flexibility index (Phi) is 2.22. The topological polar surface area (TPSA) is 3.24 Å². The summed E-state index contributed by atoms with van der Waals surface area (Å²) in [5.41, 5.74) is 0.616. The van der Waals surface area contributed by atoms with Gasteiger partial charge in [-0.1, -0.05) is 12.2 Å². The summed E-state index contributed by atoms with van der Waals surface area (Å²) in [4.78, 5) is 2.47. The van der Waals surface area contributed by atoms with Gasteiger partial charge < -0.3 is 4.90 Å². The third-order valence-corrected chi connectivity index (χ3v) is 3.49. The van der Waals surface area contributed by atoms with Crippen LogP contribution in [-0.4, -0.2) is 25.0 Å². The van der Waals surface area contributed by atoms with Gasteiger partial charge in [-0.25, -0.2) is 0 Å². The molecule has 0 saturated carbocycles. The van der Waals surface area contributed by atoms with Crippen molar-refractivity contribution >= 4 is 0 Å². The predicted molar refractivity (Wildman–Crippen MR) is 52.2 cm³/mol. The zero-order valence-electron chi connectivity index (χ0n) is 8.05. The average Bonchev–Trinajstić information content (AvgIpc) is 2.42. The molecule has 2 aliphatic rings. The van der Waals surface area contributed by atoms with Crippen LogP contribution in [-0.2, 0) is 0 Å². The molecule has 1 unspecified atom stereocenters. The van der Waals surface area contributed by atoms with Crippen LogP contribution in [0.3, 0.4) is 0 Å². The van der Waals surface area contributed by atoms with Crippen molar-refractivity contribution in [2.45, 2.75) is 32.1 Å². The summed E-state index contributed by atoms with van der Waals surface area (Å²) in [7, 11) is 2.25. The number of rotatable bonds is 0. The highest BCUT2D eigenvalue weighted by Crippen LogP contribution is 2.41. The molecule has 0 amide bonds. The fourth-order valence-corrected chi connectivity index (χ4v) is 2.56. The molecule has 1 aliphatic carbocycles. The van der Waals surface area contributed by atoms with Gasteiger partial charge in [0.15, 0.2) is 0 Å². The lowest BCUT2D eigenvalue weighted by Crippen LogP contribution is -2.21. The van der Waals surface area contributed by atoms with Crippen molar-refractivity contribution in [3.05, 3.63) is 12.2 Å². The molecule has 1 spiro atoms. The highest BCUT2D eigenvalue weighted by atomic mass is 15.1. The Morgan fingerprint density at radius 2 is 2.08 bits per heavy atom. The van der Waals surface area contributed by atoms with Crippen LogP contribution in [0.1, 0.15) is 32.1 Å². The second-order valence-corrected chi connectivity index (χ2v) is 4.46. The van der Waals surface area contributed by atoms with Gasteiger partial charge in [-0.05, 0) is 57.7 Å². The Hall–Kier alpha value is -0.300. The summed E-state index contributed by atoms with van der Waals surface area (Å²) >= 11 is 0. The van der Waals surface area contributed by atoms with E-state index in [0.29, 0.717) is 5.41 Å². The van der Waals surface area contributed by atoms with Crippen LogP contribution < -0.4 is 0 Å². The molecule has 0 N–H and O–H groups in total. The summed E-state index contributed by atoms with van der Waals surface area (Å²) in [6.45, 7) is 2.60. The molecular formula is C11H19N. The highest BCUT2D eigenvalue weighted by Gasteiger charge is 2.30. The van der Waals surface area contributed by atoms with Crippen molar-refractivity contribution in [2.75, 3.05) is 20.1 Å². The van der Waals surface area contributed by atoms with Crippen LogP contribution in [0.25, 0.3) is 0 Å². The molecule has 2 rings (SSSR count). The first-order valence-electron chi connectivity index (χ1n) is 5.17. The quantitative estimate of drug-likeness (QED) is 0.498. The number of allylic oxidation sites excluding steroid dienone is 2. The Bertz CT molecular complexity index is 185. The Morgan fingerprint density at radius 3 is 2.83 bits per heavy atom. The standard InChI is InChI=1S/C11H19N/c1-12-9-4-7-11(8-10-12)5-2-3-6-11/h2,5H,3-4,6-10H2,1H3. The van der Waals surface area contributed by atoms with Gasteiger partial charge in [-0.2, -0.15) is 0 Å². The van der Waals surface area contributed by atoms with Crippen LogP contribution >= 0.6 is 0 Å². The first kappa shape index (κ1) is 8.31. The monoisotopic (exact) mass is 165 g/mol. The molecule has 0 aromatic heterocycles. The third kappa shape index (κ3) is 1.56. The van der Waals surface area contributed by atoms with E-state index < -0.39 is 0 Å². The minimum Gasteiger partial charge on any atom is -0.306 e. The van der Waals surface area contributed by atoms with Crippen molar-refractivity contribution in [1.82, 2.24) is 4.90 Å². The maximum atomic E-state index is 2.49. The molecule has 1 aliphatic heterocycles. The van der Waals surface area contributed by atoms with Gasteiger partial charge in [0, 0.05) is 0 Å². The Labute approximate surface area is 75.4 Å². The van der Waals surface area contributed by atoms with Gasteiger partial charge in [-0.3, -0.25) is 0 Å². The van der Waals surface area contributed by atoms with Gasteiger partial charge in [0.1, 0.15) is 0 Å². The van der Waals surface area contributed by atoms with E-state index in [1.54, 1.807) is 0 Å². The van der Waals surface area contributed by atoms with E-state index in [0.717, 1.165) is 0 Å². The maximum Gasteiger partial charge on any atom is -0.00135 e. The average molecular weight is 165 g/mol. The summed E-state index contributed by atoms with van der Waals surface area (Å²) in [6.07, 6.45) is 11.8.